The van der Waals surface area contributed by atoms with Crippen LogP contribution < -0.4 is 0 Å². The van der Waals surface area contributed by atoms with Crippen molar-refractivity contribution in [1.82, 2.24) is 0 Å². The van der Waals surface area contributed by atoms with Gasteiger partial charge in [0.1, 0.15) is 0 Å². The zero-order chi connectivity index (χ0) is 9.26. The van der Waals surface area contributed by atoms with Crippen molar-refractivity contribution in [3.63, 3.8) is 0 Å². The first-order valence-corrected chi connectivity index (χ1v) is 4.59. The van der Waals surface area contributed by atoms with Gasteiger partial charge in [0, 0.05) is 12.1 Å². The predicted molar refractivity (Wildman–Crippen MR) is 56.8 cm³/mol. The Morgan fingerprint density at radius 3 is 3.00 bits per heavy atom. The second-order valence-corrected chi connectivity index (χ2v) is 3.41. The minimum atomic E-state index is 0.986. The SMILES string of the molecule is C/C=C/C1=Nc2cc(C)ccc2C1. The molecule has 0 aliphatic carbocycles. The van der Waals surface area contributed by atoms with Crippen LogP contribution in [0.4, 0.5) is 5.69 Å². The Morgan fingerprint density at radius 1 is 1.38 bits per heavy atom. The molecule has 1 aliphatic rings. The third-order valence-corrected chi connectivity index (χ3v) is 2.24. The minimum absolute atomic E-state index is 0.986. The van der Waals surface area contributed by atoms with Crippen molar-refractivity contribution in [3.05, 3.63) is 41.5 Å². The maximum atomic E-state index is 4.53. The van der Waals surface area contributed by atoms with Crippen LogP contribution >= 0.6 is 0 Å². The van der Waals surface area contributed by atoms with Gasteiger partial charge in [-0.05, 0) is 37.1 Å². The van der Waals surface area contributed by atoms with E-state index in [1.807, 2.05) is 13.0 Å². The molecule has 0 aromatic heterocycles. The van der Waals surface area contributed by atoms with E-state index in [0.717, 1.165) is 12.1 Å². The summed E-state index contributed by atoms with van der Waals surface area (Å²) in [7, 11) is 0. The molecule has 2 rings (SSSR count). The summed E-state index contributed by atoms with van der Waals surface area (Å²) in [5.74, 6) is 0. The first-order chi connectivity index (χ1) is 6.29. The first kappa shape index (κ1) is 8.24. The van der Waals surface area contributed by atoms with Gasteiger partial charge >= 0.3 is 0 Å². The number of hydrogen-bond donors (Lipinski definition) is 0. The smallest absolute Gasteiger partial charge is 0.0671 e. The van der Waals surface area contributed by atoms with Crippen LogP contribution in [0.1, 0.15) is 18.1 Å². The van der Waals surface area contributed by atoms with Gasteiger partial charge in [0.25, 0.3) is 0 Å². The fourth-order valence-electron chi connectivity index (χ4n) is 1.61. The van der Waals surface area contributed by atoms with Gasteiger partial charge in [-0.3, -0.25) is 4.99 Å². The van der Waals surface area contributed by atoms with Crippen molar-refractivity contribution in [2.45, 2.75) is 20.3 Å². The number of allylic oxidation sites excluding steroid dienone is 2. The lowest BCUT2D eigenvalue weighted by atomic mass is 10.1. The maximum Gasteiger partial charge on any atom is 0.0671 e. The molecule has 66 valence electrons. The summed E-state index contributed by atoms with van der Waals surface area (Å²) < 4.78 is 0. The molecule has 0 N–H and O–H groups in total. The topological polar surface area (TPSA) is 12.4 Å². The third kappa shape index (κ3) is 1.55. The zero-order valence-corrected chi connectivity index (χ0v) is 8.04. The molecular weight excluding hydrogens is 158 g/mol. The van der Waals surface area contributed by atoms with E-state index in [1.54, 1.807) is 0 Å². The van der Waals surface area contributed by atoms with Crippen molar-refractivity contribution in [1.29, 1.82) is 0 Å². The van der Waals surface area contributed by atoms with Crippen molar-refractivity contribution >= 4 is 11.4 Å². The van der Waals surface area contributed by atoms with Crippen molar-refractivity contribution in [2.75, 3.05) is 0 Å². The summed E-state index contributed by atoms with van der Waals surface area (Å²) in [6.45, 7) is 4.13. The number of hydrogen-bond acceptors (Lipinski definition) is 1. The third-order valence-electron chi connectivity index (χ3n) is 2.24. The number of nitrogens with zero attached hydrogens (tertiary/aromatic N) is 1. The van der Waals surface area contributed by atoms with Gasteiger partial charge in [-0.1, -0.05) is 18.2 Å². The maximum absolute atomic E-state index is 4.53. The van der Waals surface area contributed by atoms with Crippen LogP contribution in [0.15, 0.2) is 35.3 Å². The summed E-state index contributed by atoms with van der Waals surface area (Å²) in [6, 6.07) is 6.46. The number of aliphatic imine (C=N–C) groups is 1. The van der Waals surface area contributed by atoms with Crippen LogP contribution in [0.2, 0.25) is 0 Å². The van der Waals surface area contributed by atoms with Crippen LogP contribution in [0.3, 0.4) is 0 Å². The minimum Gasteiger partial charge on any atom is -0.253 e. The van der Waals surface area contributed by atoms with Crippen molar-refractivity contribution in [2.24, 2.45) is 4.99 Å². The Morgan fingerprint density at radius 2 is 2.23 bits per heavy atom. The molecule has 0 amide bonds. The summed E-state index contributed by atoms with van der Waals surface area (Å²) in [4.78, 5) is 4.53. The van der Waals surface area contributed by atoms with Crippen LogP contribution in [-0.2, 0) is 6.42 Å². The highest BCUT2D eigenvalue weighted by molar-refractivity contribution is 6.01. The number of benzene rings is 1. The Balaban J connectivity index is 2.38. The summed E-state index contributed by atoms with van der Waals surface area (Å²) in [5.41, 5.74) is 4.94. The van der Waals surface area contributed by atoms with Gasteiger partial charge < -0.3 is 0 Å². The zero-order valence-electron chi connectivity index (χ0n) is 8.04. The van der Waals surface area contributed by atoms with Crippen LogP contribution in [0.25, 0.3) is 0 Å². The molecule has 0 bridgehead atoms. The molecule has 0 fully saturated rings. The second-order valence-electron chi connectivity index (χ2n) is 3.41. The highest BCUT2D eigenvalue weighted by Crippen LogP contribution is 2.27. The van der Waals surface area contributed by atoms with Crippen molar-refractivity contribution in [3.8, 4) is 0 Å². The highest BCUT2D eigenvalue weighted by atomic mass is 14.8. The van der Waals surface area contributed by atoms with Crippen LogP contribution in [0.5, 0.6) is 0 Å². The number of aryl methyl sites for hydroxylation is 1. The molecule has 0 unspecified atom stereocenters. The molecule has 13 heavy (non-hydrogen) atoms. The van der Waals surface area contributed by atoms with Gasteiger partial charge in [0.05, 0.1) is 5.69 Å². The van der Waals surface area contributed by atoms with Gasteiger partial charge in [-0.2, -0.15) is 0 Å². The Hall–Kier alpha value is -1.37. The van der Waals surface area contributed by atoms with Crippen molar-refractivity contribution < 1.29 is 0 Å². The average molecular weight is 171 g/mol. The molecular formula is C12H13N. The first-order valence-electron chi connectivity index (χ1n) is 4.59. The Bertz CT molecular complexity index is 386. The molecule has 0 spiro atoms. The second kappa shape index (κ2) is 3.17. The lowest BCUT2D eigenvalue weighted by Crippen LogP contribution is -1.91. The molecule has 0 atom stereocenters. The summed E-state index contributed by atoms with van der Waals surface area (Å²) in [6.07, 6.45) is 5.10. The average Bonchev–Trinajstić information content (AvgIpc) is 2.46. The van der Waals surface area contributed by atoms with E-state index in [2.05, 4.69) is 36.2 Å². The fraction of sp³-hybridized carbons (Fsp3) is 0.250. The monoisotopic (exact) mass is 171 g/mol. The molecule has 1 aliphatic heterocycles. The lowest BCUT2D eigenvalue weighted by molar-refractivity contribution is 1.36. The number of rotatable bonds is 1. The van der Waals surface area contributed by atoms with Crippen LogP contribution in [0, 0.1) is 6.92 Å². The number of fused-ring (bicyclic) bond motifs is 1. The molecule has 0 radical (unpaired) electrons. The Labute approximate surface area is 78.8 Å². The van der Waals surface area contributed by atoms with E-state index in [0.29, 0.717) is 0 Å². The standard InChI is InChI=1S/C12H13N/c1-3-4-11-8-10-6-5-9(2)7-12(10)13-11/h3-7H,8H2,1-2H3/b4-3+. The molecule has 1 heteroatoms. The van der Waals surface area contributed by atoms with E-state index in [4.69, 9.17) is 0 Å². The van der Waals surface area contributed by atoms with Gasteiger partial charge in [0.2, 0.25) is 0 Å². The van der Waals surface area contributed by atoms with Crippen LogP contribution in [-0.4, -0.2) is 5.71 Å². The van der Waals surface area contributed by atoms with Gasteiger partial charge in [-0.15, -0.1) is 0 Å². The molecule has 1 aromatic carbocycles. The fourth-order valence-corrected chi connectivity index (χ4v) is 1.61. The molecule has 1 nitrogen and oxygen atoms in total. The Kier molecular flexibility index (Phi) is 2.01. The van der Waals surface area contributed by atoms with E-state index in [1.165, 1.54) is 16.8 Å². The van der Waals surface area contributed by atoms with Gasteiger partial charge in [0.15, 0.2) is 0 Å². The lowest BCUT2D eigenvalue weighted by Gasteiger charge is -1.96. The highest BCUT2D eigenvalue weighted by Gasteiger charge is 2.11. The van der Waals surface area contributed by atoms with E-state index in [9.17, 15) is 0 Å². The van der Waals surface area contributed by atoms with E-state index >= 15 is 0 Å². The molecule has 1 aromatic rings. The molecule has 0 saturated carbocycles. The summed E-state index contributed by atoms with van der Waals surface area (Å²) >= 11 is 0. The predicted octanol–water partition coefficient (Wildman–Crippen LogP) is 3.20. The molecule has 0 saturated heterocycles. The largest absolute Gasteiger partial charge is 0.253 e. The van der Waals surface area contributed by atoms with E-state index in [-0.39, 0.29) is 0 Å². The quantitative estimate of drug-likeness (QED) is 0.615. The normalized spacial score (nSPS) is 14.8. The summed E-state index contributed by atoms with van der Waals surface area (Å²) in [5, 5.41) is 0. The molecule has 1 heterocycles. The van der Waals surface area contributed by atoms with E-state index < -0.39 is 0 Å². The van der Waals surface area contributed by atoms with Gasteiger partial charge in [-0.25, -0.2) is 0 Å².